The molecule has 0 aliphatic rings. The van der Waals surface area contributed by atoms with Crippen molar-refractivity contribution in [1.29, 1.82) is 0 Å². The van der Waals surface area contributed by atoms with E-state index < -0.39 is 0 Å². The number of hydrogen-bond donors (Lipinski definition) is 1. The van der Waals surface area contributed by atoms with E-state index in [1.807, 2.05) is 23.9 Å². The Morgan fingerprint density at radius 2 is 2.26 bits per heavy atom. The molecule has 102 valence electrons. The van der Waals surface area contributed by atoms with Crippen molar-refractivity contribution < 1.29 is 9.50 Å². The third-order valence-corrected chi connectivity index (χ3v) is 3.37. The molecule has 3 nitrogen and oxygen atoms in total. The third-order valence-electron chi connectivity index (χ3n) is 3.37. The van der Waals surface area contributed by atoms with Crippen molar-refractivity contribution >= 4 is 0 Å². The van der Waals surface area contributed by atoms with Crippen LogP contribution < -0.4 is 0 Å². The number of aliphatic hydroxyl groups is 1. The minimum atomic E-state index is -0.224. The van der Waals surface area contributed by atoms with Crippen molar-refractivity contribution in [3.05, 3.63) is 53.9 Å². The Balaban J connectivity index is 1.92. The second kappa shape index (κ2) is 6.48. The molecular weight excluding hydrogens is 243 g/mol. The lowest BCUT2D eigenvalue weighted by molar-refractivity contribution is 0.217. The Morgan fingerprint density at radius 1 is 1.42 bits per heavy atom. The van der Waals surface area contributed by atoms with Crippen LogP contribution in [0.4, 0.5) is 4.39 Å². The Morgan fingerprint density at radius 3 is 2.89 bits per heavy atom. The molecule has 1 heterocycles. The summed E-state index contributed by atoms with van der Waals surface area (Å²) in [4.78, 5) is 4.26. The van der Waals surface area contributed by atoms with Crippen LogP contribution in [0.5, 0.6) is 0 Å². The number of halogens is 1. The molecule has 1 aromatic carbocycles. The van der Waals surface area contributed by atoms with E-state index in [4.69, 9.17) is 0 Å². The molecule has 1 unspecified atom stereocenters. The van der Waals surface area contributed by atoms with E-state index in [0.29, 0.717) is 6.42 Å². The van der Waals surface area contributed by atoms with Crippen LogP contribution in [0.25, 0.3) is 0 Å². The van der Waals surface area contributed by atoms with E-state index >= 15 is 0 Å². The topological polar surface area (TPSA) is 38.0 Å². The fourth-order valence-corrected chi connectivity index (χ4v) is 2.23. The van der Waals surface area contributed by atoms with E-state index in [0.717, 1.165) is 24.2 Å². The van der Waals surface area contributed by atoms with E-state index in [9.17, 15) is 9.50 Å². The molecule has 1 N–H and O–H groups in total. The van der Waals surface area contributed by atoms with Crippen LogP contribution in [0.2, 0.25) is 0 Å². The molecule has 1 atom stereocenters. The van der Waals surface area contributed by atoms with Crippen molar-refractivity contribution in [2.45, 2.75) is 19.3 Å². The first-order valence-electron chi connectivity index (χ1n) is 6.50. The lowest BCUT2D eigenvalue weighted by atomic mass is 9.95. The first kappa shape index (κ1) is 13.7. The summed E-state index contributed by atoms with van der Waals surface area (Å²) in [6.07, 6.45) is 6.05. The van der Waals surface area contributed by atoms with Gasteiger partial charge < -0.3 is 9.67 Å². The zero-order chi connectivity index (χ0) is 13.7. The van der Waals surface area contributed by atoms with Crippen molar-refractivity contribution in [3.63, 3.8) is 0 Å². The summed E-state index contributed by atoms with van der Waals surface area (Å²) in [6, 6.07) is 6.57. The molecule has 2 rings (SSSR count). The molecule has 4 heteroatoms. The highest BCUT2D eigenvalue weighted by atomic mass is 19.1. The first-order valence-corrected chi connectivity index (χ1v) is 6.50. The maximum Gasteiger partial charge on any atom is 0.123 e. The average molecular weight is 262 g/mol. The molecule has 0 saturated heterocycles. The SMILES string of the molecule is Cn1ccnc1CCC(CO)Cc1cccc(F)c1. The van der Waals surface area contributed by atoms with Crippen LogP contribution in [-0.2, 0) is 19.9 Å². The summed E-state index contributed by atoms with van der Waals surface area (Å²) in [5, 5.41) is 9.43. The van der Waals surface area contributed by atoms with Gasteiger partial charge in [0.2, 0.25) is 0 Å². The normalized spacial score (nSPS) is 12.6. The molecule has 0 aliphatic heterocycles. The predicted molar refractivity (Wildman–Crippen MR) is 72.2 cm³/mol. The van der Waals surface area contributed by atoms with Gasteiger partial charge >= 0.3 is 0 Å². The van der Waals surface area contributed by atoms with Crippen LogP contribution in [0.3, 0.4) is 0 Å². The zero-order valence-corrected chi connectivity index (χ0v) is 11.1. The number of hydrogen-bond acceptors (Lipinski definition) is 2. The van der Waals surface area contributed by atoms with Gasteiger partial charge in [-0.1, -0.05) is 12.1 Å². The van der Waals surface area contributed by atoms with Gasteiger partial charge in [0.1, 0.15) is 11.6 Å². The quantitative estimate of drug-likeness (QED) is 0.867. The molecule has 2 aromatic rings. The molecule has 0 fully saturated rings. The zero-order valence-electron chi connectivity index (χ0n) is 11.1. The van der Waals surface area contributed by atoms with Crippen molar-refractivity contribution in [2.75, 3.05) is 6.61 Å². The van der Waals surface area contributed by atoms with Gasteiger partial charge in [-0.05, 0) is 36.5 Å². The maximum absolute atomic E-state index is 13.1. The standard InChI is InChI=1S/C15H19FN2O/c1-18-8-7-17-15(18)6-5-13(11-19)9-12-3-2-4-14(16)10-12/h2-4,7-8,10,13,19H,5-6,9,11H2,1H3. The van der Waals surface area contributed by atoms with Crippen molar-refractivity contribution in [1.82, 2.24) is 9.55 Å². The maximum atomic E-state index is 13.1. The summed E-state index contributed by atoms with van der Waals surface area (Å²) in [5.74, 6) is 0.925. The molecule has 0 bridgehead atoms. The fraction of sp³-hybridized carbons (Fsp3) is 0.400. The Hall–Kier alpha value is -1.68. The van der Waals surface area contributed by atoms with Gasteiger partial charge in [0.25, 0.3) is 0 Å². The monoisotopic (exact) mass is 262 g/mol. The highest BCUT2D eigenvalue weighted by Crippen LogP contribution is 2.15. The van der Waals surface area contributed by atoms with Gasteiger partial charge in [-0.25, -0.2) is 9.37 Å². The first-order chi connectivity index (χ1) is 9.19. The van der Waals surface area contributed by atoms with Gasteiger partial charge in [-0.15, -0.1) is 0 Å². The number of benzene rings is 1. The lowest BCUT2D eigenvalue weighted by Gasteiger charge is -2.14. The van der Waals surface area contributed by atoms with E-state index in [1.54, 1.807) is 12.3 Å². The minimum absolute atomic E-state index is 0.112. The Bertz CT molecular complexity index is 524. The molecule has 0 spiro atoms. The van der Waals surface area contributed by atoms with E-state index in [1.165, 1.54) is 12.1 Å². The van der Waals surface area contributed by atoms with Crippen LogP contribution in [0.1, 0.15) is 17.8 Å². The van der Waals surface area contributed by atoms with Crippen LogP contribution >= 0.6 is 0 Å². The lowest BCUT2D eigenvalue weighted by Crippen LogP contribution is -2.12. The summed E-state index contributed by atoms with van der Waals surface area (Å²) in [7, 11) is 1.96. The number of aliphatic hydroxyl groups excluding tert-OH is 1. The predicted octanol–water partition coefficient (Wildman–Crippen LogP) is 2.34. The second-order valence-electron chi connectivity index (χ2n) is 4.88. The highest BCUT2D eigenvalue weighted by Gasteiger charge is 2.11. The summed E-state index contributed by atoms with van der Waals surface area (Å²) < 4.78 is 15.1. The molecule has 0 amide bonds. The number of nitrogens with zero attached hydrogens (tertiary/aromatic N) is 2. The van der Waals surface area contributed by atoms with E-state index in [-0.39, 0.29) is 18.3 Å². The molecule has 1 aromatic heterocycles. The van der Waals surface area contributed by atoms with Crippen LogP contribution in [0, 0.1) is 11.7 Å². The van der Waals surface area contributed by atoms with Gasteiger partial charge in [-0.2, -0.15) is 0 Å². The second-order valence-corrected chi connectivity index (χ2v) is 4.88. The number of aryl methyl sites for hydroxylation is 2. The van der Waals surface area contributed by atoms with Crippen molar-refractivity contribution in [3.8, 4) is 0 Å². The highest BCUT2D eigenvalue weighted by molar-refractivity contribution is 5.16. The van der Waals surface area contributed by atoms with Gasteiger partial charge in [0.05, 0.1) is 0 Å². The molecule has 0 aliphatic carbocycles. The van der Waals surface area contributed by atoms with Crippen molar-refractivity contribution in [2.24, 2.45) is 13.0 Å². The number of rotatable bonds is 6. The van der Waals surface area contributed by atoms with Gasteiger partial charge in [0.15, 0.2) is 0 Å². The Kier molecular flexibility index (Phi) is 4.68. The third kappa shape index (κ3) is 3.89. The smallest absolute Gasteiger partial charge is 0.123 e. The molecule has 0 saturated carbocycles. The molecule has 0 radical (unpaired) electrons. The van der Waals surface area contributed by atoms with Crippen LogP contribution in [0.15, 0.2) is 36.7 Å². The summed E-state index contributed by atoms with van der Waals surface area (Å²) in [6.45, 7) is 0.112. The molecular formula is C15H19FN2O. The van der Waals surface area contributed by atoms with Gasteiger partial charge in [0, 0.05) is 32.5 Å². The van der Waals surface area contributed by atoms with Crippen LogP contribution in [-0.4, -0.2) is 21.3 Å². The number of imidazole rings is 1. The van der Waals surface area contributed by atoms with E-state index in [2.05, 4.69) is 4.98 Å². The average Bonchev–Trinajstić information content (AvgIpc) is 2.80. The van der Waals surface area contributed by atoms with Gasteiger partial charge in [-0.3, -0.25) is 0 Å². The largest absolute Gasteiger partial charge is 0.396 e. The summed E-state index contributed by atoms with van der Waals surface area (Å²) >= 11 is 0. The fourth-order valence-electron chi connectivity index (χ4n) is 2.23. The minimum Gasteiger partial charge on any atom is -0.396 e. The summed E-state index contributed by atoms with van der Waals surface area (Å²) in [5.41, 5.74) is 0.930. The number of aromatic nitrogens is 2. The molecule has 19 heavy (non-hydrogen) atoms. The Labute approximate surface area is 112 Å².